The number of nitrogens with zero attached hydrogens (tertiary/aromatic N) is 2. The molecule has 0 amide bonds. The zero-order valence-corrected chi connectivity index (χ0v) is 7.61. The van der Waals surface area contributed by atoms with Crippen LogP contribution in [0, 0.1) is 0 Å². The van der Waals surface area contributed by atoms with Crippen LogP contribution >= 0.6 is 11.6 Å². The number of hydrogen-bond acceptors (Lipinski definition) is 5. The highest BCUT2D eigenvalue weighted by Crippen LogP contribution is 2.06. The number of hydrogen-bond donors (Lipinski definition) is 0. The minimum absolute atomic E-state index is 0.118. The van der Waals surface area contributed by atoms with Crippen LogP contribution in [-0.2, 0) is 4.74 Å². The van der Waals surface area contributed by atoms with Crippen molar-refractivity contribution in [3.05, 3.63) is 18.1 Å². The average molecular weight is 203 g/mol. The molecule has 0 saturated heterocycles. The summed E-state index contributed by atoms with van der Waals surface area (Å²) < 4.78 is 9.30. The molecule has 0 aliphatic heterocycles. The maximum absolute atomic E-state index is 11.1. The molecule has 0 aromatic carbocycles. The number of carbonyl (C=O) groups is 1. The summed E-state index contributed by atoms with van der Waals surface area (Å²) in [6.45, 7) is 0. The Labute approximate surface area is 79.7 Å². The van der Waals surface area contributed by atoms with Crippen LogP contribution in [0.1, 0.15) is 10.5 Å². The van der Waals surface area contributed by atoms with Crippen LogP contribution in [0.3, 0.4) is 0 Å². The molecule has 0 unspecified atom stereocenters. The number of halogens is 1. The summed E-state index contributed by atoms with van der Waals surface area (Å²) in [7, 11) is 1.44. The van der Waals surface area contributed by atoms with Crippen molar-refractivity contribution in [2.75, 3.05) is 13.2 Å². The Balaban J connectivity index is 2.82. The zero-order chi connectivity index (χ0) is 9.68. The Hall–Kier alpha value is -1.36. The number of carbonyl (C=O) groups excluding carboxylic acids is 1. The third-order valence-electron chi connectivity index (χ3n) is 1.25. The van der Waals surface area contributed by atoms with Crippen molar-refractivity contribution in [2.24, 2.45) is 0 Å². The second kappa shape index (κ2) is 4.61. The van der Waals surface area contributed by atoms with Crippen molar-refractivity contribution in [1.29, 1.82) is 0 Å². The van der Waals surface area contributed by atoms with E-state index in [1.54, 1.807) is 0 Å². The van der Waals surface area contributed by atoms with Crippen LogP contribution in [0.15, 0.2) is 12.4 Å². The average Bonchev–Trinajstić information content (AvgIpc) is 2.18. The molecule has 5 nitrogen and oxygen atoms in total. The van der Waals surface area contributed by atoms with E-state index in [0.717, 1.165) is 0 Å². The molecule has 13 heavy (non-hydrogen) atoms. The molecular formula is C7H7ClN2O3. The predicted molar refractivity (Wildman–Crippen MR) is 44.7 cm³/mol. The van der Waals surface area contributed by atoms with E-state index in [9.17, 15) is 4.79 Å². The fourth-order valence-corrected chi connectivity index (χ4v) is 0.785. The fraction of sp³-hybridized carbons (Fsp3) is 0.286. The van der Waals surface area contributed by atoms with Gasteiger partial charge in [0, 0.05) is 6.07 Å². The normalized spacial score (nSPS) is 9.38. The van der Waals surface area contributed by atoms with E-state index in [2.05, 4.69) is 14.7 Å². The number of esters is 1. The van der Waals surface area contributed by atoms with Gasteiger partial charge >= 0.3 is 5.97 Å². The van der Waals surface area contributed by atoms with Gasteiger partial charge in [-0.3, -0.25) is 0 Å². The van der Waals surface area contributed by atoms with Crippen LogP contribution in [0.2, 0.25) is 0 Å². The molecule has 70 valence electrons. The van der Waals surface area contributed by atoms with Crippen molar-refractivity contribution < 1.29 is 14.3 Å². The molecule has 1 heterocycles. The van der Waals surface area contributed by atoms with Crippen molar-refractivity contribution >= 4 is 17.6 Å². The van der Waals surface area contributed by atoms with Gasteiger partial charge in [0.05, 0.1) is 7.11 Å². The highest BCUT2D eigenvalue weighted by Gasteiger charge is 2.09. The predicted octanol–water partition coefficient (Wildman–Crippen LogP) is 0.838. The van der Waals surface area contributed by atoms with Crippen molar-refractivity contribution in [3.63, 3.8) is 0 Å². The molecule has 6 heteroatoms. The first-order valence-corrected chi connectivity index (χ1v) is 3.90. The van der Waals surface area contributed by atoms with E-state index in [1.807, 2.05) is 0 Å². The molecular weight excluding hydrogens is 196 g/mol. The van der Waals surface area contributed by atoms with Gasteiger partial charge in [-0.15, -0.1) is 0 Å². The van der Waals surface area contributed by atoms with Gasteiger partial charge in [-0.25, -0.2) is 14.8 Å². The topological polar surface area (TPSA) is 61.3 Å². The van der Waals surface area contributed by atoms with E-state index in [0.29, 0.717) is 5.88 Å². The number of aromatic nitrogens is 2. The lowest BCUT2D eigenvalue weighted by Gasteiger charge is -2.00. The number of alkyl halides is 1. The molecule has 0 spiro atoms. The lowest BCUT2D eigenvalue weighted by atomic mass is 10.4. The van der Waals surface area contributed by atoms with Gasteiger partial charge in [-0.1, -0.05) is 11.6 Å². The zero-order valence-electron chi connectivity index (χ0n) is 6.86. The molecule has 0 aliphatic carbocycles. The lowest BCUT2D eigenvalue weighted by molar-refractivity contribution is 0.0566. The summed E-state index contributed by atoms with van der Waals surface area (Å²) >= 11 is 5.20. The summed E-state index contributed by atoms with van der Waals surface area (Å²) in [5.74, 6) is -0.299. The first kappa shape index (κ1) is 9.73. The van der Waals surface area contributed by atoms with Gasteiger partial charge in [-0.2, -0.15) is 0 Å². The van der Waals surface area contributed by atoms with Gasteiger partial charge in [0.25, 0.3) is 0 Å². The Bertz CT molecular complexity index is 306. The lowest BCUT2D eigenvalue weighted by Crippen LogP contribution is -2.06. The Kier molecular flexibility index (Phi) is 3.45. The summed E-state index contributed by atoms with van der Waals surface area (Å²) in [5, 5.41) is 0. The SMILES string of the molecule is COc1cc(C(=O)OCCl)ncn1. The molecule has 0 N–H and O–H groups in total. The first-order chi connectivity index (χ1) is 6.27. The van der Waals surface area contributed by atoms with E-state index < -0.39 is 5.97 Å². The third kappa shape index (κ3) is 2.55. The minimum Gasteiger partial charge on any atom is -0.481 e. The van der Waals surface area contributed by atoms with E-state index in [1.165, 1.54) is 19.5 Å². The Morgan fingerprint density at radius 1 is 1.62 bits per heavy atom. The van der Waals surface area contributed by atoms with Crippen molar-refractivity contribution in [1.82, 2.24) is 9.97 Å². The number of rotatable bonds is 3. The van der Waals surface area contributed by atoms with Gasteiger partial charge in [-0.05, 0) is 0 Å². The number of ether oxygens (including phenoxy) is 2. The van der Waals surface area contributed by atoms with E-state index >= 15 is 0 Å². The monoisotopic (exact) mass is 202 g/mol. The van der Waals surface area contributed by atoms with Gasteiger partial charge < -0.3 is 9.47 Å². The van der Waals surface area contributed by atoms with Crippen LogP contribution in [0.4, 0.5) is 0 Å². The number of methoxy groups -OCH3 is 1. The molecule has 1 rings (SSSR count). The Morgan fingerprint density at radius 2 is 2.38 bits per heavy atom. The van der Waals surface area contributed by atoms with Crippen LogP contribution in [0.5, 0.6) is 5.88 Å². The molecule has 0 radical (unpaired) electrons. The molecule has 0 fully saturated rings. The smallest absolute Gasteiger partial charge is 0.358 e. The van der Waals surface area contributed by atoms with Gasteiger partial charge in [0.1, 0.15) is 6.33 Å². The van der Waals surface area contributed by atoms with Crippen LogP contribution in [0.25, 0.3) is 0 Å². The summed E-state index contributed by atoms with van der Waals surface area (Å²) in [5.41, 5.74) is 0.118. The summed E-state index contributed by atoms with van der Waals surface area (Å²) in [6, 6.07) is 1.17. The molecule has 1 aromatic rings. The molecule has 0 aliphatic rings. The van der Waals surface area contributed by atoms with Crippen molar-refractivity contribution in [3.8, 4) is 5.88 Å². The fourth-order valence-electron chi connectivity index (χ4n) is 0.686. The third-order valence-corrected chi connectivity index (χ3v) is 1.36. The maximum Gasteiger partial charge on any atom is 0.358 e. The molecule has 0 atom stereocenters. The quantitative estimate of drug-likeness (QED) is 0.537. The van der Waals surface area contributed by atoms with Gasteiger partial charge in [0.2, 0.25) is 5.88 Å². The van der Waals surface area contributed by atoms with E-state index in [4.69, 9.17) is 16.3 Å². The second-order valence-electron chi connectivity index (χ2n) is 1.99. The summed E-state index contributed by atoms with van der Waals surface area (Å²) in [4.78, 5) is 18.5. The van der Waals surface area contributed by atoms with Crippen LogP contribution < -0.4 is 4.74 Å². The Morgan fingerprint density at radius 3 is 3.00 bits per heavy atom. The highest BCUT2D eigenvalue weighted by molar-refractivity contribution is 6.17. The maximum atomic E-state index is 11.1. The van der Waals surface area contributed by atoms with E-state index in [-0.39, 0.29) is 11.8 Å². The largest absolute Gasteiger partial charge is 0.481 e. The molecule has 0 bridgehead atoms. The van der Waals surface area contributed by atoms with Crippen LogP contribution in [-0.4, -0.2) is 29.1 Å². The van der Waals surface area contributed by atoms with Gasteiger partial charge in [0.15, 0.2) is 11.8 Å². The standard InChI is InChI=1S/C7H7ClN2O3/c1-12-6-2-5(9-4-10-6)7(11)13-3-8/h2,4H,3H2,1H3. The molecule has 1 aromatic heterocycles. The van der Waals surface area contributed by atoms with Crippen molar-refractivity contribution in [2.45, 2.75) is 0 Å². The first-order valence-electron chi connectivity index (χ1n) is 3.37. The minimum atomic E-state index is -0.601. The second-order valence-corrected chi connectivity index (χ2v) is 2.20. The molecule has 0 saturated carbocycles. The highest BCUT2D eigenvalue weighted by atomic mass is 35.5. The summed E-state index contributed by atoms with van der Waals surface area (Å²) in [6.07, 6.45) is 1.21.